The normalized spacial score (nSPS) is 14.4. The lowest BCUT2D eigenvalue weighted by Crippen LogP contribution is -2.13. The molecule has 1 saturated heterocycles. The Bertz CT molecular complexity index is 573. The van der Waals surface area contributed by atoms with Crippen molar-refractivity contribution in [3.05, 3.63) is 35.4 Å². The van der Waals surface area contributed by atoms with Gasteiger partial charge in [0.2, 0.25) is 0 Å². The molecule has 1 fully saturated rings. The highest BCUT2D eigenvalue weighted by Crippen LogP contribution is 2.12. The highest BCUT2D eigenvalue weighted by molar-refractivity contribution is 5.89. The summed E-state index contributed by atoms with van der Waals surface area (Å²) in [5.41, 5.74) is 1.35. The predicted molar refractivity (Wildman–Crippen MR) is 76.0 cm³/mol. The van der Waals surface area contributed by atoms with Gasteiger partial charge in [-0.05, 0) is 48.9 Å². The number of rotatable bonds is 1. The van der Waals surface area contributed by atoms with E-state index in [4.69, 9.17) is 4.74 Å². The molecule has 1 heterocycles. The van der Waals surface area contributed by atoms with Crippen molar-refractivity contribution in [3.63, 3.8) is 0 Å². The van der Waals surface area contributed by atoms with Crippen molar-refractivity contribution in [3.8, 4) is 23.7 Å². The van der Waals surface area contributed by atoms with Crippen LogP contribution in [-0.4, -0.2) is 26.3 Å². The Morgan fingerprint density at radius 2 is 1.90 bits per heavy atom. The summed E-state index contributed by atoms with van der Waals surface area (Å²) in [4.78, 5) is 11.3. The maximum Gasteiger partial charge on any atom is 0.337 e. The molecule has 0 bridgehead atoms. The predicted octanol–water partition coefficient (Wildman–Crippen LogP) is 2.25. The van der Waals surface area contributed by atoms with Gasteiger partial charge in [0.25, 0.3) is 0 Å². The first-order valence-electron chi connectivity index (χ1n) is 6.57. The van der Waals surface area contributed by atoms with Gasteiger partial charge in [-0.3, -0.25) is 0 Å². The summed E-state index contributed by atoms with van der Waals surface area (Å²) in [7, 11) is 1.36. The highest BCUT2D eigenvalue weighted by Gasteiger charge is 2.09. The van der Waals surface area contributed by atoms with E-state index >= 15 is 0 Å². The Hall–Kier alpha value is -2.23. The summed E-state index contributed by atoms with van der Waals surface area (Å²) in [5, 5.41) is 0. The third kappa shape index (κ3) is 4.16. The van der Waals surface area contributed by atoms with Gasteiger partial charge in [-0.25, -0.2) is 4.79 Å². The summed E-state index contributed by atoms with van der Waals surface area (Å²) in [6.07, 6.45) is 1.98. The van der Waals surface area contributed by atoms with Gasteiger partial charge in [-0.2, -0.15) is 0 Å². The van der Waals surface area contributed by atoms with Crippen LogP contribution in [0.3, 0.4) is 0 Å². The molecule has 1 aliphatic rings. The van der Waals surface area contributed by atoms with Gasteiger partial charge < -0.3 is 9.47 Å². The minimum atomic E-state index is -0.344. The van der Waals surface area contributed by atoms with E-state index in [2.05, 4.69) is 28.4 Å². The fourth-order valence-electron chi connectivity index (χ4n) is 1.89. The molecule has 0 aromatic heterocycles. The fourth-order valence-corrected chi connectivity index (χ4v) is 1.89. The molecule has 102 valence electrons. The van der Waals surface area contributed by atoms with Crippen molar-refractivity contribution in [1.82, 2.24) is 0 Å². The highest BCUT2D eigenvalue weighted by atomic mass is 16.5. The molecular formula is C17H16O3. The molecular weight excluding hydrogens is 252 g/mol. The average molecular weight is 268 g/mol. The van der Waals surface area contributed by atoms with Crippen LogP contribution in [0.2, 0.25) is 0 Å². The Morgan fingerprint density at radius 1 is 1.20 bits per heavy atom. The lowest BCUT2D eigenvalue weighted by molar-refractivity contribution is 0.0600. The van der Waals surface area contributed by atoms with E-state index in [1.807, 2.05) is 0 Å². The Kier molecular flexibility index (Phi) is 5.24. The number of methoxy groups -OCH3 is 1. The first-order valence-corrected chi connectivity index (χ1v) is 6.57. The topological polar surface area (TPSA) is 35.5 Å². The lowest BCUT2D eigenvalue weighted by atomic mass is 10.0. The maximum absolute atomic E-state index is 11.3. The van der Waals surface area contributed by atoms with Crippen molar-refractivity contribution < 1.29 is 14.3 Å². The Labute approximate surface area is 119 Å². The summed E-state index contributed by atoms with van der Waals surface area (Å²) in [6, 6.07) is 6.97. The van der Waals surface area contributed by atoms with Crippen molar-refractivity contribution >= 4 is 5.97 Å². The molecule has 1 aliphatic heterocycles. The second kappa shape index (κ2) is 7.38. The first-order chi connectivity index (χ1) is 9.79. The van der Waals surface area contributed by atoms with Crippen molar-refractivity contribution in [2.24, 2.45) is 5.92 Å². The van der Waals surface area contributed by atoms with E-state index in [0.717, 1.165) is 31.6 Å². The van der Waals surface area contributed by atoms with Gasteiger partial charge in [-0.1, -0.05) is 11.8 Å². The monoisotopic (exact) mass is 268 g/mol. The van der Waals surface area contributed by atoms with Crippen LogP contribution in [0, 0.1) is 29.6 Å². The molecule has 0 atom stereocenters. The number of carbonyl (C=O) groups excluding carboxylic acids is 1. The van der Waals surface area contributed by atoms with Crippen LogP contribution < -0.4 is 0 Å². The summed E-state index contributed by atoms with van der Waals surface area (Å²) in [6.45, 7) is 1.59. The number of carbonyl (C=O) groups is 1. The molecule has 3 heteroatoms. The number of ether oxygens (including phenoxy) is 2. The van der Waals surface area contributed by atoms with Crippen molar-refractivity contribution in [2.75, 3.05) is 20.3 Å². The van der Waals surface area contributed by atoms with Gasteiger partial charge >= 0.3 is 5.97 Å². The molecule has 1 aromatic carbocycles. The average Bonchev–Trinajstić information content (AvgIpc) is 2.52. The first kappa shape index (κ1) is 14.2. The number of hydrogen-bond acceptors (Lipinski definition) is 3. The van der Waals surface area contributed by atoms with Crippen LogP contribution in [-0.2, 0) is 9.47 Å². The number of esters is 1. The van der Waals surface area contributed by atoms with Crippen LogP contribution in [0.5, 0.6) is 0 Å². The van der Waals surface area contributed by atoms with E-state index in [1.54, 1.807) is 24.3 Å². The van der Waals surface area contributed by atoms with Gasteiger partial charge in [0.05, 0.1) is 12.7 Å². The molecule has 2 rings (SSSR count). The smallest absolute Gasteiger partial charge is 0.337 e. The molecule has 3 nitrogen and oxygen atoms in total. The second-order valence-corrected chi connectivity index (χ2v) is 4.47. The minimum Gasteiger partial charge on any atom is -0.465 e. The van der Waals surface area contributed by atoms with E-state index in [-0.39, 0.29) is 5.97 Å². The summed E-state index contributed by atoms with van der Waals surface area (Å²) < 4.78 is 9.91. The van der Waals surface area contributed by atoms with E-state index in [1.165, 1.54) is 7.11 Å². The van der Waals surface area contributed by atoms with Gasteiger partial charge in [-0.15, -0.1) is 0 Å². The number of benzene rings is 1. The SMILES string of the molecule is COC(=O)c1ccc(C#CC#CC2CCOCC2)cc1. The zero-order valence-corrected chi connectivity index (χ0v) is 11.4. The van der Waals surface area contributed by atoms with Crippen LogP contribution in [0.4, 0.5) is 0 Å². The van der Waals surface area contributed by atoms with E-state index < -0.39 is 0 Å². The minimum absolute atomic E-state index is 0.344. The molecule has 0 unspecified atom stereocenters. The molecule has 0 spiro atoms. The van der Waals surface area contributed by atoms with Crippen LogP contribution in [0.25, 0.3) is 0 Å². The van der Waals surface area contributed by atoms with Crippen molar-refractivity contribution in [1.29, 1.82) is 0 Å². The van der Waals surface area contributed by atoms with Crippen LogP contribution >= 0.6 is 0 Å². The largest absolute Gasteiger partial charge is 0.465 e. The molecule has 0 radical (unpaired) electrons. The van der Waals surface area contributed by atoms with Gasteiger partial charge in [0.1, 0.15) is 0 Å². The molecule has 20 heavy (non-hydrogen) atoms. The standard InChI is InChI=1S/C17H16O3/c1-19-17(18)16-8-6-14(7-9-16)4-2-3-5-15-10-12-20-13-11-15/h6-9,15H,10-13H2,1H3. The molecule has 0 aliphatic carbocycles. The van der Waals surface area contributed by atoms with E-state index in [0.29, 0.717) is 11.5 Å². The summed E-state index contributed by atoms with van der Waals surface area (Å²) >= 11 is 0. The lowest BCUT2D eigenvalue weighted by Gasteiger charge is -2.16. The molecule has 0 amide bonds. The fraction of sp³-hybridized carbons (Fsp3) is 0.353. The number of hydrogen-bond donors (Lipinski definition) is 0. The Balaban J connectivity index is 1.95. The van der Waals surface area contributed by atoms with Gasteiger partial charge in [0.15, 0.2) is 0 Å². The third-order valence-electron chi connectivity index (χ3n) is 3.07. The molecule has 0 saturated carbocycles. The molecule has 1 aromatic rings. The van der Waals surface area contributed by atoms with Crippen LogP contribution in [0.1, 0.15) is 28.8 Å². The van der Waals surface area contributed by atoms with Crippen LogP contribution in [0.15, 0.2) is 24.3 Å². The zero-order chi connectivity index (χ0) is 14.2. The second-order valence-electron chi connectivity index (χ2n) is 4.47. The third-order valence-corrected chi connectivity index (χ3v) is 3.07. The quantitative estimate of drug-likeness (QED) is 0.579. The molecule has 0 N–H and O–H groups in total. The Morgan fingerprint density at radius 3 is 2.55 bits per heavy atom. The van der Waals surface area contributed by atoms with Crippen molar-refractivity contribution in [2.45, 2.75) is 12.8 Å². The summed E-state index contributed by atoms with van der Waals surface area (Å²) in [5.74, 6) is 11.9. The maximum atomic E-state index is 11.3. The van der Waals surface area contributed by atoms with Gasteiger partial charge in [0, 0.05) is 24.7 Å². The zero-order valence-electron chi connectivity index (χ0n) is 11.4. The van der Waals surface area contributed by atoms with E-state index in [9.17, 15) is 4.79 Å².